The van der Waals surface area contributed by atoms with Crippen molar-refractivity contribution < 1.29 is 33.4 Å². The summed E-state index contributed by atoms with van der Waals surface area (Å²) in [5.41, 5.74) is 5.06. The molecule has 0 aliphatic carbocycles. The number of anilines is 3. The molecular weight excluding hydrogens is 857 g/mol. The van der Waals surface area contributed by atoms with Crippen LogP contribution < -0.4 is 15.4 Å². The van der Waals surface area contributed by atoms with Gasteiger partial charge in [0.2, 0.25) is 17.8 Å². The number of benzene rings is 3. The molecule has 16 heteroatoms. The lowest BCUT2D eigenvalue weighted by Gasteiger charge is -2.32. The molecule has 2 N–H and O–H groups in total. The van der Waals surface area contributed by atoms with Crippen LogP contribution in [0, 0.1) is 13.8 Å². The van der Waals surface area contributed by atoms with Crippen LogP contribution in [0.2, 0.25) is 10.0 Å². The average molecular weight is 911 g/mol. The van der Waals surface area contributed by atoms with Gasteiger partial charge in [0, 0.05) is 63.1 Å². The molecule has 2 aliphatic heterocycles. The lowest BCUT2D eigenvalue weighted by atomic mass is 10.1. The van der Waals surface area contributed by atoms with Crippen LogP contribution in [0.4, 0.5) is 17.3 Å². The third-order valence-electron chi connectivity index (χ3n) is 10.9. The van der Waals surface area contributed by atoms with Crippen LogP contribution in [-0.4, -0.2) is 93.7 Å². The number of imidazole rings is 1. The number of likely N-dealkylation sites (tertiary alicyclic amines) is 2. The van der Waals surface area contributed by atoms with Gasteiger partial charge in [0.05, 0.1) is 38.5 Å². The van der Waals surface area contributed by atoms with Gasteiger partial charge in [0.1, 0.15) is 17.4 Å². The van der Waals surface area contributed by atoms with Crippen LogP contribution in [0.15, 0.2) is 98.2 Å². The Kier molecular flexibility index (Phi) is 16.6. The number of aromatic nitrogens is 3. The zero-order chi connectivity index (χ0) is 45.8. The van der Waals surface area contributed by atoms with Gasteiger partial charge in [-0.15, -0.1) is 0 Å². The third-order valence-corrected chi connectivity index (χ3v) is 11.7. The molecule has 0 saturated carbocycles. The number of piperidine rings is 1. The predicted octanol–water partition coefficient (Wildman–Crippen LogP) is 9.48. The van der Waals surface area contributed by atoms with Gasteiger partial charge in [-0.2, -0.15) is 0 Å². The Morgan fingerprint density at radius 2 is 1.64 bits per heavy atom. The molecule has 2 saturated heterocycles. The Hall–Kier alpha value is -6.22. The molecule has 336 valence electrons. The maximum absolute atomic E-state index is 13.3. The van der Waals surface area contributed by atoms with Crippen molar-refractivity contribution in [2.75, 3.05) is 50.2 Å². The molecule has 2 aliphatic rings. The number of fused-ring (bicyclic) bond motifs is 1. The molecule has 0 radical (unpaired) electrons. The third kappa shape index (κ3) is 11.7. The summed E-state index contributed by atoms with van der Waals surface area (Å²) in [6.07, 6.45) is 8.21. The number of para-hydroxylation sites is 2. The highest BCUT2D eigenvalue weighted by atomic mass is 35.5. The number of rotatable bonds is 13. The normalized spacial score (nSPS) is 15.3. The number of esters is 1. The monoisotopic (exact) mass is 909 g/mol. The number of amides is 3. The Bertz CT molecular complexity index is 2500. The SMILES string of the molecule is C=CC(=O)N1CCC(Oc2cccc3nc(NC(=O)c4ccnc(C)c4)n([C@@H]4CCCCN(C(=O)C=C)C4)c23)CC1.CCOCOC(=O)c1ccccc1Nc1c(Cl)ccc(C)c1Cl. The molecule has 64 heavy (non-hydrogen) atoms. The average Bonchev–Trinajstić information content (AvgIpc) is 3.49. The molecular formula is C48H53Cl2N7O7. The van der Waals surface area contributed by atoms with Crippen molar-refractivity contribution in [2.45, 2.75) is 65.0 Å². The van der Waals surface area contributed by atoms with Gasteiger partial charge in [-0.25, -0.2) is 9.78 Å². The second kappa shape index (κ2) is 22.4. The zero-order valence-corrected chi connectivity index (χ0v) is 37.8. The number of halogens is 2. The van der Waals surface area contributed by atoms with Gasteiger partial charge in [0.15, 0.2) is 6.79 Å². The molecule has 4 heterocycles. The number of hydrogen-bond donors (Lipinski definition) is 2. The van der Waals surface area contributed by atoms with Crippen LogP contribution >= 0.6 is 23.2 Å². The van der Waals surface area contributed by atoms with Crippen LogP contribution in [0.25, 0.3) is 11.0 Å². The number of carbonyl (C=O) groups is 4. The fourth-order valence-corrected chi connectivity index (χ4v) is 8.08. The minimum Gasteiger partial charge on any atom is -0.488 e. The highest BCUT2D eigenvalue weighted by Crippen LogP contribution is 2.38. The van der Waals surface area contributed by atoms with Crippen molar-refractivity contribution in [3.63, 3.8) is 0 Å². The van der Waals surface area contributed by atoms with Crippen LogP contribution in [-0.2, 0) is 19.1 Å². The van der Waals surface area contributed by atoms with Crippen LogP contribution in [0.3, 0.4) is 0 Å². The van der Waals surface area contributed by atoms with Gasteiger partial charge in [-0.05, 0) is 100 Å². The zero-order valence-electron chi connectivity index (χ0n) is 36.3. The number of carbonyl (C=O) groups excluding carboxylic acids is 4. The van der Waals surface area contributed by atoms with Gasteiger partial charge in [-0.1, -0.05) is 60.6 Å². The van der Waals surface area contributed by atoms with Gasteiger partial charge in [-0.3, -0.25) is 24.7 Å². The minimum absolute atomic E-state index is 0.0691. The Balaban J connectivity index is 0.000000251. The summed E-state index contributed by atoms with van der Waals surface area (Å²) in [4.78, 5) is 62.8. The fraction of sp³-hybridized carbons (Fsp3) is 0.333. The summed E-state index contributed by atoms with van der Waals surface area (Å²) in [6, 6.07) is 19.5. The first-order chi connectivity index (χ1) is 30.9. The van der Waals surface area contributed by atoms with Gasteiger partial charge < -0.3 is 33.9 Å². The summed E-state index contributed by atoms with van der Waals surface area (Å²) < 4.78 is 18.7. The molecule has 14 nitrogen and oxygen atoms in total. The van der Waals surface area contributed by atoms with Crippen LogP contribution in [0.5, 0.6) is 5.75 Å². The maximum atomic E-state index is 13.3. The van der Waals surface area contributed by atoms with E-state index in [2.05, 4.69) is 28.8 Å². The second-order valence-electron chi connectivity index (χ2n) is 15.3. The minimum atomic E-state index is -0.485. The van der Waals surface area contributed by atoms with E-state index >= 15 is 0 Å². The van der Waals surface area contributed by atoms with E-state index in [0.29, 0.717) is 95.4 Å². The lowest BCUT2D eigenvalue weighted by Crippen LogP contribution is -2.41. The number of nitrogens with one attached hydrogen (secondary N) is 2. The number of hydrogen-bond acceptors (Lipinski definition) is 10. The Labute approximate surface area is 383 Å². The second-order valence-corrected chi connectivity index (χ2v) is 16.1. The van der Waals surface area contributed by atoms with Crippen LogP contribution in [0.1, 0.15) is 77.0 Å². The number of pyridine rings is 1. The fourth-order valence-electron chi connectivity index (χ4n) is 7.61. The molecule has 5 aromatic rings. The maximum Gasteiger partial charge on any atom is 0.342 e. The molecule has 0 unspecified atom stereocenters. The van der Waals surface area contributed by atoms with E-state index in [1.165, 1.54) is 12.2 Å². The molecule has 3 aromatic carbocycles. The quantitative estimate of drug-likeness (QED) is 0.0505. The van der Waals surface area contributed by atoms with E-state index in [1.54, 1.807) is 53.6 Å². The molecule has 1 atom stereocenters. The molecule has 0 spiro atoms. The largest absolute Gasteiger partial charge is 0.488 e. The van der Waals surface area contributed by atoms with E-state index in [9.17, 15) is 19.2 Å². The summed E-state index contributed by atoms with van der Waals surface area (Å²) in [7, 11) is 0. The van der Waals surface area contributed by atoms with E-state index in [4.69, 9.17) is 42.4 Å². The van der Waals surface area contributed by atoms with Crippen molar-refractivity contribution in [3.8, 4) is 5.75 Å². The van der Waals surface area contributed by atoms with E-state index in [-0.39, 0.29) is 36.7 Å². The first-order valence-corrected chi connectivity index (χ1v) is 22.0. The predicted molar refractivity (Wildman–Crippen MR) is 250 cm³/mol. The standard InChI is InChI=1S/C31H36N6O4.C17H17Cl2NO3/c1-4-27(38)35-17-13-24(14-18-35)41-26-11-8-10-25-29(26)37(23-9-6-7-16-36(20-23)28(39)5-2)31(33-25)34-30(40)22-12-15-32-21(3)19-22;1-3-22-10-23-17(21)12-6-4-5-7-14(12)20-16-13(18)9-8-11(2)15(16)19/h4-5,8,10-12,15,19,23-24H,1-2,6-7,9,13-14,16-18,20H2,3H3,(H,33,34,40);4-9,20H,3,10H2,1-2H3/t23-;/m1./s1. The van der Waals surface area contributed by atoms with E-state index < -0.39 is 5.97 Å². The number of ether oxygens (including phenoxy) is 3. The summed E-state index contributed by atoms with van der Waals surface area (Å²) in [5.74, 6) is 0.106. The molecule has 3 amide bonds. The highest BCUT2D eigenvalue weighted by Gasteiger charge is 2.30. The van der Waals surface area contributed by atoms with Crippen molar-refractivity contribution in [1.82, 2.24) is 24.3 Å². The Morgan fingerprint density at radius 3 is 2.38 bits per heavy atom. The summed E-state index contributed by atoms with van der Waals surface area (Å²) in [6.45, 7) is 15.5. The van der Waals surface area contributed by atoms with Crippen molar-refractivity contribution in [2.24, 2.45) is 0 Å². The number of aryl methyl sites for hydroxylation is 2. The topological polar surface area (TPSA) is 157 Å². The van der Waals surface area contributed by atoms with Crippen molar-refractivity contribution in [1.29, 1.82) is 0 Å². The van der Waals surface area contributed by atoms with E-state index in [1.807, 2.05) is 54.5 Å². The molecule has 0 bridgehead atoms. The molecule has 7 rings (SSSR count). The van der Waals surface area contributed by atoms with E-state index in [0.717, 1.165) is 36.0 Å². The molecule has 2 fully saturated rings. The van der Waals surface area contributed by atoms with Crippen molar-refractivity contribution >= 4 is 75.2 Å². The highest BCUT2D eigenvalue weighted by molar-refractivity contribution is 6.39. The Morgan fingerprint density at radius 1 is 0.891 bits per heavy atom. The first kappa shape index (κ1) is 47.3. The summed E-state index contributed by atoms with van der Waals surface area (Å²) in [5, 5.41) is 7.12. The molecule has 2 aromatic heterocycles. The van der Waals surface area contributed by atoms with Gasteiger partial charge >= 0.3 is 5.97 Å². The first-order valence-electron chi connectivity index (χ1n) is 21.2. The number of nitrogens with zero attached hydrogens (tertiary/aromatic N) is 5. The van der Waals surface area contributed by atoms with Gasteiger partial charge in [0.25, 0.3) is 5.91 Å². The lowest BCUT2D eigenvalue weighted by molar-refractivity contribution is -0.128. The van der Waals surface area contributed by atoms with Crippen molar-refractivity contribution in [3.05, 3.63) is 131 Å². The smallest absolute Gasteiger partial charge is 0.342 e. The summed E-state index contributed by atoms with van der Waals surface area (Å²) >= 11 is 12.5.